The molecule has 1 heterocycles. The van der Waals surface area contributed by atoms with Gasteiger partial charge in [-0.3, -0.25) is 4.79 Å². The van der Waals surface area contributed by atoms with Crippen LogP contribution in [0.5, 0.6) is 11.8 Å². The minimum atomic E-state index is -3.51. The Balaban J connectivity index is 1.53. The summed E-state index contributed by atoms with van der Waals surface area (Å²) in [6.07, 6.45) is 6.16. The zero-order valence-electron chi connectivity index (χ0n) is 17.2. The third-order valence-electron chi connectivity index (χ3n) is 5.01. The zero-order chi connectivity index (χ0) is 21.7. The third-order valence-corrected chi connectivity index (χ3v) is 6.84. The number of carbonyl (C=O) groups is 1. The van der Waals surface area contributed by atoms with E-state index in [0.717, 1.165) is 30.0 Å². The molecule has 1 saturated carbocycles. The SMILES string of the molecule is COc1nccnc1OC1CCC(NC(=O)c2ccc(S(=O)(=O)N(C)C)cc2)CC1. The molecule has 1 N–H and O–H groups in total. The maximum Gasteiger partial charge on any atom is 0.278 e. The Labute approximate surface area is 176 Å². The molecule has 0 spiro atoms. The molecule has 1 amide bonds. The van der Waals surface area contributed by atoms with E-state index in [0.29, 0.717) is 17.3 Å². The molecule has 1 aliphatic carbocycles. The number of benzene rings is 1. The molecule has 0 aliphatic heterocycles. The first kappa shape index (κ1) is 22.0. The summed E-state index contributed by atoms with van der Waals surface area (Å²) < 4.78 is 36.5. The van der Waals surface area contributed by atoms with E-state index in [2.05, 4.69) is 15.3 Å². The first-order chi connectivity index (χ1) is 14.3. The van der Waals surface area contributed by atoms with E-state index in [1.165, 1.54) is 45.5 Å². The van der Waals surface area contributed by atoms with E-state index >= 15 is 0 Å². The number of methoxy groups -OCH3 is 1. The Hall–Kier alpha value is -2.72. The number of hydrogen-bond donors (Lipinski definition) is 1. The van der Waals surface area contributed by atoms with Gasteiger partial charge in [-0.2, -0.15) is 0 Å². The average Bonchev–Trinajstić information content (AvgIpc) is 2.75. The van der Waals surface area contributed by atoms with E-state index in [1.807, 2.05) is 0 Å². The normalized spacial score (nSPS) is 19.3. The van der Waals surface area contributed by atoms with Crippen LogP contribution < -0.4 is 14.8 Å². The summed E-state index contributed by atoms with van der Waals surface area (Å²) in [5.41, 5.74) is 0.426. The minimum absolute atomic E-state index is 0.0146. The molecule has 162 valence electrons. The van der Waals surface area contributed by atoms with Crippen LogP contribution in [0.1, 0.15) is 36.0 Å². The van der Waals surface area contributed by atoms with Crippen LogP contribution in [0.3, 0.4) is 0 Å². The molecule has 0 radical (unpaired) electrons. The molecule has 10 heteroatoms. The van der Waals surface area contributed by atoms with Gasteiger partial charge in [0.05, 0.1) is 12.0 Å². The summed E-state index contributed by atoms with van der Waals surface area (Å²) in [4.78, 5) is 20.9. The Morgan fingerprint density at radius 1 is 1.03 bits per heavy atom. The van der Waals surface area contributed by atoms with Crippen molar-refractivity contribution in [3.05, 3.63) is 42.2 Å². The molecule has 1 aromatic carbocycles. The summed E-state index contributed by atoms with van der Waals surface area (Å²) >= 11 is 0. The number of carbonyl (C=O) groups excluding carboxylic acids is 1. The van der Waals surface area contributed by atoms with E-state index in [4.69, 9.17) is 9.47 Å². The van der Waals surface area contributed by atoms with Crippen molar-refractivity contribution in [1.29, 1.82) is 0 Å². The van der Waals surface area contributed by atoms with E-state index < -0.39 is 10.0 Å². The number of ether oxygens (including phenoxy) is 2. The van der Waals surface area contributed by atoms with Crippen LogP contribution >= 0.6 is 0 Å². The molecule has 30 heavy (non-hydrogen) atoms. The number of amides is 1. The number of sulfonamides is 1. The molecule has 0 bridgehead atoms. The standard InChI is InChI=1S/C20H26N4O5S/c1-24(2)30(26,27)17-10-4-14(5-11-17)18(25)23-15-6-8-16(9-7-15)29-20-19(28-3)21-12-13-22-20/h4-5,10-13,15-16H,6-9H2,1-3H3,(H,23,25). The molecule has 9 nitrogen and oxygen atoms in total. The highest BCUT2D eigenvalue weighted by Gasteiger charge is 2.25. The fourth-order valence-electron chi connectivity index (χ4n) is 3.27. The van der Waals surface area contributed by atoms with Gasteiger partial charge in [-0.1, -0.05) is 0 Å². The Bertz CT molecular complexity index is 971. The van der Waals surface area contributed by atoms with Crippen molar-refractivity contribution < 1.29 is 22.7 Å². The number of aromatic nitrogens is 2. The van der Waals surface area contributed by atoms with Gasteiger partial charge in [0.15, 0.2) is 0 Å². The Morgan fingerprint density at radius 2 is 1.63 bits per heavy atom. The smallest absolute Gasteiger partial charge is 0.278 e. The molecule has 1 aromatic heterocycles. The second-order valence-electron chi connectivity index (χ2n) is 7.25. The summed E-state index contributed by atoms with van der Waals surface area (Å²) in [6.45, 7) is 0. The first-order valence-corrected chi connectivity index (χ1v) is 11.1. The van der Waals surface area contributed by atoms with Crippen molar-refractivity contribution in [2.45, 2.75) is 42.7 Å². The van der Waals surface area contributed by atoms with Crippen LogP contribution in [0.4, 0.5) is 0 Å². The largest absolute Gasteiger partial charge is 0.477 e. The highest BCUT2D eigenvalue weighted by Crippen LogP contribution is 2.27. The van der Waals surface area contributed by atoms with Crippen molar-refractivity contribution in [1.82, 2.24) is 19.6 Å². The molecule has 3 rings (SSSR count). The lowest BCUT2D eigenvalue weighted by Crippen LogP contribution is -2.39. The van der Waals surface area contributed by atoms with Crippen molar-refractivity contribution in [2.75, 3.05) is 21.2 Å². The molecule has 1 fully saturated rings. The number of hydrogen-bond acceptors (Lipinski definition) is 7. The number of rotatable bonds is 7. The number of nitrogens with one attached hydrogen (secondary N) is 1. The van der Waals surface area contributed by atoms with E-state index in [1.54, 1.807) is 12.4 Å². The fraction of sp³-hybridized carbons (Fsp3) is 0.450. The lowest BCUT2D eigenvalue weighted by atomic mass is 9.92. The molecule has 0 saturated heterocycles. The van der Waals surface area contributed by atoms with Gasteiger partial charge in [0, 0.05) is 38.1 Å². The van der Waals surface area contributed by atoms with Crippen LogP contribution in [0.25, 0.3) is 0 Å². The van der Waals surface area contributed by atoms with Crippen LogP contribution in [-0.4, -0.2) is 61.9 Å². The molecule has 0 atom stereocenters. The van der Waals surface area contributed by atoms with Crippen molar-refractivity contribution in [2.24, 2.45) is 0 Å². The van der Waals surface area contributed by atoms with Gasteiger partial charge < -0.3 is 14.8 Å². The highest BCUT2D eigenvalue weighted by molar-refractivity contribution is 7.89. The molecule has 0 unspecified atom stereocenters. The summed E-state index contributed by atoms with van der Waals surface area (Å²) in [6, 6.07) is 5.99. The van der Waals surface area contributed by atoms with Crippen LogP contribution in [0.15, 0.2) is 41.6 Å². The lowest BCUT2D eigenvalue weighted by molar-refractivity contribution is 0.0886. The lowest BCUT2D eigenvalue weighted by Gasteiger charge is -2.29. The summed E-state index contributed by atoms with van der Waals surface area (Å²) in [5, 5.41) is 3.02. The van der Waals surface area contributed by atoms with E-state index in [9.17, 15) is 13.2 Å². The predicted molar refractivity (Wildman–Crippen MR) is 110 cm³/mol. The third kappa shape index (κ3) is 5.06. The molecule has 2 aromatic rings. The molecule has 1 aliphatic rings. The average molecular weight is 435 g/mol. The van der Waals surface area contributed by atoms with Gasteiger partial charge in [0.25, 0.3) is 17.7 Å². The summed E-state index contributed by atoms with van der Waals surface area (Å²) in [5.74, 6) is 0.511. The van der Waals surface area contributed by atoms with Gasteiger partial charge >= 0.3 is 0 Å². The topological polar surface area (TPSA) is 111 Å². The second-order valence-corrected chi connectivity index (χ2v) is 9.40. The second kappa shape index (κ2) is 9.40. The zero-order valence-corrected chi connectivity index (χ0v) is 18.1. The predicted octanol–water partition coefficient (Wildman–Crippen LogP) is 1.86. The monoisotopic (exact) mass is 434 g/mol. The summed E-state index contributed by atoms with van der Waals surface area (Å²) in [7, 11) is 0.943. The van der Waals surface area contributed by atoms with Gasteiger partial charge in [-0.25, -0.2) is 22.7 Å². The van der Waals surface area contributed by atoms with E-state index in [-0.39, 0.29) is 22.9 Å². The highest BCUT2D eigenvalue weighted by atomic mass is 32.2. The van der Waals surface area contributed by atoms with Gasteiger partial charge in [-0.15, -0.1) is 0 Å². The maximum absolute atomic E-state index is 12.5. The van der Waals surface area contributed by atoms with Crippen LogP contribution in [0.2, 0.25) is 0 Å². The van der Waals surface area contributed by atoms with Gasteiger partial charge in [0.2, 0.25) is 10.0 Å². The van der Waals surface area contributed by atoms with Crippen molar-refractivity contribution in [3.8, 4) is 11.8 Å². The molecular weight excluding hydrogens is 408 g/mol. The number of nitrogens with zero attached hydrogens (tertiary/aromatic N) is 3. The Kier molecular flexibility index (Phi) is 6.88. The fourth-order valence-corrected chi connectivity index (χ4v) is 4.18. The Morgan fingerprint density at radius 3 is 2.20 bits per heavy atom. The first-order valence-electron chi connectivity index (χ1n) is 9.66. The van der Waals surface area contributed by atoms with Crippen molar-refractivity contribution in [3.63, 3.8) is 0 Å². The van der Waals surface area contributed by atoms with Crippen molar-refractivity contribution >= 4 is 15.9 Å². The van der Waals surface area contributed by atoms with Gasteiger partial charge in [-0.05, 0) is 49.9 Å². The quantitative estimate of drug-likeness (QED) is 0.708. The van der Waals surface area contributed by atoms with Crippen LogP contribution in [-0.2, 0) is 10.0 Å². The van der Waals surface area contributed by atoms with Gasteiger partial charge in [0.1, 0.15) is 6.10 Å². The van der Waals surface area contributed by atoms with Crippen LogP contribution in [0, 0.1) is 0 Å². The molecular formula is C20H26N4O5S. The minimum Gasteiger partial charge on any atom is -0.477 e. The maximum atomic E-state index is 12.5.